The van der Waals surface area contributed by atoms with E-state index in [0.29, 0.717) is 11.3 Å². The molecule has 2 aromatic carbocycles. The average Bonchev–Trinajstić information content (AvgIpc) is 3.10. The van der Waals surface area contributed by atoms with Crippen LogP contribution < -0.4 is 5.32 Å². The van der Waals surface area contributed by atoms with Gasteiger partial charge in [0.05, 0.1) is 0 Å². The van der Waals surface area contributed by atoms with E-state index < -0.39 is 12.0 Å². The molecule has 0 radical (unpaired) electrons. The second-order valence-electron chi connectivity index (χ2n) is 5.97. The van der Waals surface area contributed by atoms with Crippen molar-refractivity contribution < 1.29 is 9.18 Å². The maximum atomic E-state index is 13.5. The molecule has 128 valence electrons. The first kappa shape index (κ1) is 16.0. The van der Waals surface area contributed by atoms with Gasteiger partial charge in [0.15, 0.2) is 5.78 Å². The molecule has 0 aliphatic heterocycles. The Morgan fingerprint density at radius 2 is 1.81 bits per heavy atom. The minimum atomic E-state index is -0.641. The van der Waals surface area contributed by atoms with Crippen molar-refractivity contribution in [2.45, 2.75) is 6.04 Å². The van der Waals surface area contributed by atoms with Crippen LogP contribution >= 0.6 is 0 Å². The number of nitrogens with one attached hydrogen (secondary N) is 2. The molecule has 4 rings (SSSR count). The second kappa shape index (κ2) is 6.80. The van der Waals surface area contributed by atoms with Crippen LogP contribution in [0, 0.1) is 5.95 Å². The average molecular weight is 345 g/mol. The molecular weight excluding hydrogens is 329 g/mol. The number of hydrogen-bond acceptors (Lipinski definition) is 3. The molecule has 5 heteroatoms. The fraction of sp³-hybridized carbons (Fsp3) is 0.0476. The van der Waals surface area contributed by atoms with Crippen molar-refractivity contribution in [3.05, 3.63) is 96.2 Å². The van der Waals surface area contributed by atoms with Gasteiger partial charge in [0.1, 0.15) is 6.04 Å². The SMILES string of the molecule is O=C(c1c[nH]c2ccccc12)C(Nc1ccnc(F)c1)c1ccccc1. The number of nitrogens with zero attached hydrogens (tertiary/aromatic N) is 1. The summed E-state index contributed by atoms with van der Waals surface area (Å²) in [7, 11) is 0. The van der Waals surface area contributed by atoms with Gasteiger partial charge in [-0.3, -0.25) is 4.79 Å². The van der Waals surface area contributed by atoms with E-state index in [1.165, 1.54) is 12.3 Å². The van der Waals surface area contributed by atoms with E-state index in [1.54, 1.807) is 12.3 Å². The van der Waals surface area contributed by atoms with Crippen LogP contribution in [0.5, 0.6) is 0 Å². The molecular formula is C21H16FN3O. The van der Waals surface area contributed by atoms with E-state index in [-0.39, 0.29) is 5.78 Å². The minimum absolute atomic E-state index is 0.0918. The number of carbonyl (C=O) groups is 1. The molecule has 0 fully saturated rings. The van der Waals surface area contributed by atoms with Gasteiger partial charge in [0.2, 0.25) is 5.95 Å². The molecule has 0 aliphatic carbocycles. The molecule has 1 atom stereocenters. The molecule has 0 aliphatic rings. The van der Waals surface area contributed by atoms with Crippen molar-refractivity contribution in [3.8, 4) is 0 Å². The highest BCUT2D eigenvalue weighted by molar-refractivity contribution is 6.11. The number of halogens is 1. The van der Waals surface area contributed by atoms with Crippen LogP contribution in [0.4, 0.5) is 10.1 Å². The van der Waals surface area contributed by atoms with Crippen molar-refractivity contribution in [2.75, 3.05) is 5.32 Å². The number of H-pyrrole nitrogens is 1. The van der Waals surface area contributed by atoms with Gasteiger partial charge in [-0.1, -0.05) is 48.5 Å². The summed E-state index contributed by atoms with van der Waals surface area (Å²) in [5, 5.41) is 4.01. The predicted molar refractivity (Wildman–Crippen MR) is 99.6 cm³/mol. The van der Waals surface area contributed by atoms with Crippen LogP contribution in [0.25, 0.3) is 10.9 Å². The fourth-order valence-electron chi connectivity index (χ4n) is 3.04. The molecule has 0 saturated heterocycles. The van der Waals surface area contributed by atoms with Crippen molar-refractivity contribution in [2.24, 2.45) is 0 Å². The number of aromatic amines is 1. The molecule has 0 saturated carbocycles. The number of carbonyl (C=O) groups excluding carboxylic acids is 1. The van der Waals surface area contributed by atoms with E-state index in [2.05, 4.69) is 15.3 Å². The normalized spacial score (nSPS) is 12.0. The highest BCUT2D eigenvalue weighted by Gasteiger charge is 2.24. The van der Waals surface area contributed by atoms with E-state index in [0.717, 1.165) is 16.5 Å². The number of Topliss-reactive ketones (excluding diaryl/α,β-unsaturated/α-hetero) is 1. The maximum Gasteiger partial charge on any atom is 0.214 e. The molecule has 4 nitrogen and oxygen atoms in total. The third-order valence-corrected chi connectivity index (χ3v) is 4.29. The zero-order valence-electron chi connectivity index (χ0n) is 13.8. The van der Waals surface area contributed by atoms with Gasteiger partial charge in [0.25, 0.3) is 0 Å². The molecule has 4 aromatic rings. The number of pyridine rings is 1. The summed E-state index contributed by atoms with van der Waals surface area (Å²) in [5.74, 6) is -0.688. The Hall–Kier alpha value is -3.47. The lowest BCUT2D eigenvalue weighted by Crippen LogP contribution is -2.21. The number of benzene rings is 2. The van der Waals surface area contributed by atoms with Crippen molar-refractivity contribution in [1.82, 2.24) is 9.97 Å². The second-order valence-corrected chi connectivity index (χ2v) is 5.97. The van der Waals surface area contributed by atoms with Crippen molar-refractivity contribution >= 4 is 22.4 Å². The number of anilines is 1. The van der Waals surface area contributed by atoms with Gasteiger partial charge in [-0.05, 0) is 17.7 Å². The molecule has 0 bridgehead atoms. The van der Waals surface area contributed by atoms with E-state index in [9.17, 15) is 9.18 Å². The van der Waals surface area contributed by atoms with E-state index in [1.807, 2.05) is 54.6 Å². The Morgan fingerprint density at radius 3 is 2.62 bits per heavy atom. The topological polar surface area (TPSA) is 57.8 Å². The molecule has 2 heterocycles. The van der Waals surface area contributed by atoms with Gasteiger partial charge in [0, 0.05) is 40.6 Å². The lowest BCUT2D eigenvalue weighted by atomic mass is 9.96. The van der Waals surface area contributed by atoms with E-state index >= 15 is 0 Å². The molecule has 1 unspecified atom stereocenters. The van der Waals surface area contributed by atoms with Crippen LogP contribution in [-0.2, 0) is 0 Å². The molecule has 2 aromatic heterocycles. The Labute approximate surface area is 149 Å². The molecule has 26 heavy (non-hydrogen) atoms. The number of para-hydroxylation sites is 1. The highest BCUT2D eigenvalue weighted by Crippen LogP contribution is 2.27. The first-order valence-corrected chi connectivity index (χ1v) is 8.26. The Kier molecular flexibility index (Phi) is 4.19. The molecule has 0 amide bonds. The van der Waals surface area contributed by atoms with Gasteiger partial charge in [-0.15, -0.1) is 0 Å². The van der Waals surface area contributed by atoms with Crippen LogP contribution in [0.1, 0.15) is 22.0 Å². The van der Waals surface area contributed by atoms with Gasteiger partial charge in [-0.2, -0.15) is 4.39 Å². The number of ketones is 1. The lowest BCUT2D eigenvalue weighted by Gasteiger charge is -2.19. The van der Waals surface area contributed by atoms with Crippen molar-refractivity contribution in [1.29, 1.82) is 0 Å². The maximum absolute atomic E-state index is 13.5. The first-order chi connectivity index (χ1) is 12.7. The summed E-state index contributed by atoms with van der Waals surface area (Å²) in [4.78, 5) is 20.0. The van der Waals surface area contributed by atoms with Gasteiger partial charge >= 0.3 is 0 Å². The van der Waals surface area contributed by atoms with Crippen LogP contribution in [0.3, 0.4) is 0 Å². The molecule has 2 N–H and O–H groups in total. The summed E-state index contributed by atoms with van der Waals surface area (Å²) >= 11 is 0. The summed E-state index contributed by atoms with van der Waals surface area (Å²) < 4.78 is 13.5. The Balaban J connectivity index is 1.76. The van der Waals surface area contributed by atoms with Gasteiger partial charge in [-0.25, -0.2) is 4.98 Å². The standard InChI is InChI=1S/C21H16FN3O/c22-19-12-15(10-11-23-19)25-20(14-6-2-1-3-7-14)21(26)17-13-24-18-9-5-4-8-16(17)18/h1-13,20,24H,(H,23,25). The smallest absolute Gasteiger partial charge is 0.214 e. The highest BCUT2D eigenvalue weighted by atomic mass is 19.1. The third kappa shape index (κ3) is 3.07. The van der Waals surface area contributed by atoms with Crippen LogP contribution in [0.2, 0.25) is 0 Å². The number of rotatable bonds is 5. The lowest BCUT2D eigenvalue weighted by molar-refractivity contribution is 0.0971. The zero-order valence-corrected chi connectivity index (χ0v) is 13.8. The van der Waals surface area contributed by atoms with Crippen LogP contribution in [-0.4, -0.2) is 15.8 Å². The zero-order chi connectivity index (χ0) is 17.9. The monoisotopic (exact) mass is 345 g/mol. The number of hydrogen-bond donors (Lipinski definition) is 2. The summed E-state index contributed by atoms with van der Waals surface area (Å²) in [5.41, 5.74) is 2.80. The minimum Gasteiger partial charge on any atom is -0.371 e. The third-order valence-electron chi connectivity index (χ3n) is 4.29. The Bertz CT molecular complexity index is 1060. The van der Waals surface area contributed by atoms with Crippen molar-refractivity contribution in [3.63, 3.8) is 0 Å². The van der Waals surface area contributed by atoms with Crippen LogP contribution in [0.15, 0.2) is 79.1 Å². The first-order valence-electron chi connectivity index (χ1n) is 8.26. The summed E-state index contributed by atoms with van der Waals surface area (Å²) in [6.07, 6.45) is 3.09. The Morgan fingerprint density at radius 1 is 1.04 bits per heavy atom. The summed E-state index contributed by atoms with van der Waals surface area (Å²) in [6.45, 7) is 0. The molecule has 0 spiro atoms. The number of fused-ring (bicyclic) bond motifs is 1. The number of aromatic nitrogens is 2. The quantitative estimate of drug-likeness (QED) is 0.406. The largest absolute Gasteiger partial charge is 0.371 e. The fourth-order valence-corrected chi connectivity index (χ4v) is 3.04. The predicted octanol–water partition coefficient (Wildman–Crippen LogP) is 4.74. The van der Waals surface area contributed by atoms with E-state index in [4.69, 9.17) is 0 Å². The summed E-state index contributed by atoms with van der Waals surface area (Å²) in [6, 6.07) is 19.3. The van der Waals surface area contributed by atoms with Gasteiger partial charge < -0.3 is 10.3 Å².